The summed E-state index contributed by atoms with van der Waals surface area (Å²) < 4.78 is 47.9. The molecule has 7 heteroatoms. The molecule has 1 unspecified atom stereocenters. The molecule has 3 heterocycles. The lowest BCUT2D eigenvalue weighted by Crippen LogP contribution is -2.69. The highest BCUT2D eigenvalue weighted by atomic mass is 19.4. The number of hydrogen-bond donors (Lipinski definition) is 1. The summed E-state index contributed by atoms with van der Waals surface area (Å²) in [4.78, 5) is 12.3. The molecule has 3 aliphatic heterocycles. The van der Waals surface area contributed by atoms with Gasteiger partial charge in [-0.05, 0) is 24.3 Å². The van der Waals surface area contributed by atoms with Gasteiger partial charge in [0, 0.05) is 24.6 Å². The predicted molar refractivity (Wildman–Crippen MR) is 59.9 cm³/mol. The van der Waals surface area contributed by atoms with Gasteiger partial charge in [-0.3, -0.25) is 9.69 Å². The standard InChI is InChI=1S/C8H6F3NO.C4H6FN/c9-8(10,11)6-3-1-5(2-4-6)7(12)13;5-4-3-1-6(4)2-3/h1-4H,(H2,12,13);3-4H,1-2H2. The molecule has 0 aromatic heterocycles. The smallest absolute Gasteiger partial charge is 0.366 e. The van der Waals surface area contributed by atoms with Crippen LogP contribution in [0.4, 0.5) is 17.6 Å². The van der Waals surface area contributed by atoms with Crippen LogP contribution in [0.15, 0.2) is 24.3 Å². The van der Waals surface area contributed by atoms with Crippen LogP contribution in [0.3, 0.4) is 0 Å². The third-order valence-corrected chi connectivity index (χ3v) is 3.17. The van der Waals surface area contributed by atoms with E-state index in [0.29, 0.717) is 5.92 Å². The lowest BCUT2D eigenvalue weighted by molar-refractivity contribution is -0.189. The topological polar surface area (TPSA) is 46.3 Å². The first-order chi connectivity index (χ1) is 8.79. The van der Waals surface area contributed by atoms with Crippen molar-refractivity contribution in [3.05, 3.63) is 35.4 Å². The number of hydrogen-bond acceptors (Lipinski definition) is 2. The number of carbonyl (C=O) groups is 1. The van der Waals surface area contributed by atoms with Gasteiger partial charge in [-0.15, -0.1) is 0 Å². The molecule has 1 atom stereocenters. The highest BCUT2D eigenvalue weighted by molar-refractivity contribution is 5.92. The van der Waals surface area contributed by atoms with Crippen LogP contribution >= 0.6 is 0 Å². The Bertz CT molecular complexity index is 458. The predicted octanol–water partition coefficient (Wildman–Crippen LogP) is 2.03. The van der Waals surface area contributed by atoms with Crippen molar-refractivity contribution < 1.29 is 22.4 Å². The summed E-state index contributed by atoms with van der Waals surface area (Å²) in [5.74, 6) is -0.307. The molecule has 0 saturated carbocycles. The van der Waals surface area contributed by atoms with Crippen LogP contribution in [0.5, 0.6) is 0 Å². The van der Waals surface area contributed by atoms with Gasteiger partial charge in [-0.1, -0.05) is 0 Å². The molecule has 19 heavy (non-hydrogen) atoms. The summed E-state index contributed by atoms with van der Waals surface area (Å²) >= 11 is 0. The van der Waals surface area contributed by atoms with Crippen LogP contribution in [-0.4, -0.2) is 30.2 Å². The maximum absolute atomic E-state index is 12.0. The van der Waals surface area contributed by atoms with Crippen molar-refractivity contribution in [3.8, 4) is 0 Å². The van der Waals surface area contributed by atoms with Gasteiger partial charge in [-0.2, -0.15) is 13.2 Å². The number of halogens is 4. The van der Waals surface area contributed by atoms with E-state index in [1.807, 2.05) is 4.90 Å². The molecule has 0 spiro atoms. The van der Waals surface area contributed by atoms with Gasteiger partial charge in [-0.25, -0.2) is 4.39 Å². The number of amides is 1. The van der Waals surface area contributed by atoms with E-state index in [1.54, 1.807) is 0 Å². The quantitative estimate of drug-likeness (QED) is 0.630. The zero-order valence-corrected chi connectivity index (χ0v) is 9.82. The zero-order valence-electron chi connectivity index (χ0n) is 9.82. The SMILES string of the molecule is FC1C2CN1C2.NC(=O)c1ccc(C(F)(F)F)cc1. The number of rotatable bonds is 1. The molecule has 104 valence electrons. The zero-order chi connectivity index (χ0) is 14.2. The average molecular weight is 276 g/mol. The minimum Gasteiger partial charge on any atom is -0.366 e. The molecule has 3 aliphatic rings. The summed E-state index contributed by atoms with van der Waals surface area (Å²) in [6, 6.07) is 3.73. The van der Waals surface area contributed by atoms with E-state index in [1.165, 1.54) is 0 Å². The van der Waals surface area contributed by atoms with E-state index >= 15 is 0 Å². The van der Waals surface area contributed by atoms with Crippen LogP contribution in [0, 0.1) is 5.92 Å². The highest BCUT2D eigenvalue weighted by Crippen LogP contribution is 2.37. The van der Waals surface area contributed by atoms with Crippen LogP contribution in [0.2, 0.25) is 0 Å². The van der Waals surface area contributed by atoms with E-state index in [9.17, 15) is 22.4 Å². The first-order valence-electron chi connectivity index (χ1n) is 5.64. The Morgan fingerprint density at radius 1 is 1.21 bits per heavy atom. The Morgan fingerprint density at radius 3 is 1.84 bits per heavy atom. The van der Waals surface area contributed by atoms with Crippen molar-refractivity contribution in [2.24, 2.45) is 11.7 Å². The first kappa shape index (κ1) is 13.8. The summed E-state index contributed by atoms with van der Waals surface area (Å²) in [6.45, 7) is 2.06. The molecule has 1 aromatic rings. The van der Waals surface area contributed by atoms with Crippen molar-refractivity contribution >= 4 is 5.91 Å². The lowest BCUT2D eigenvalue weighted by atomic mass is 9.86. The minimum atomic E-state index is -4.38. The summed E-state index contributed by atoms with van der Waals surface area (Å²) in [6.07, 6.45) is -4.92. The minimum absolute atomic E-state index is 0.0630. The van der Waals surface area contributed by atoms with Crippen molar-refractivity contribution in [3.63, 3.8) is 0 Å². The Kier molecular flexibility index (Phi) is 3.49. The van der Waals surface area contributed by atoms with Crippen molar-refractivity contribution in [1.82, 2.24) is 4.90 Å². The molecule has 2 N–H and O–H groups in total. The molecule has 2 bridgehead atoms. The fraction of sp³-hybridized carbons (Fsp3) is 0.417. The fourth-order valence-electron chi connectivity index (χ4n) is 1.77. The molecule has 1 amide bonds. The second-order valence-electron chi connectivity index (χ2n) is 4.53. The molecule has 0 radical (unpaired) electrons. The van der Waals surface area contributed by atoms with Gasteiger partial charge in [0.05, 0.1) is 5.56 Å². The molecular formula is C12H12F4N2O. The second-order valence-corrected chi connectivity index (χ2v) is 4.53. The van der Waals surface area contributed by atoms with E-state index in [0.717, 1.165) is 37.4 Å². The van der Waals surface area contributed by atoms with Crippen molar-refractivity contribution in [2.75, 3.05) is 13.1 Å². The van der Waals surface area contributed by atoms with Gasteiger partial charge >= 0.3 is 6.18 Å². The van der Waals surface area contributed by atoms with Crippen LogP contribution in [0.1, 0.15) is 15.9 Å². The molecule has 0 aliphatic carbocycles. The largest absolute Gasteiger partial charge is 0.416 e. The molecule has 3 saturated heterocycles. The summed E-state index contributed by atoms with van der Waals surface area (Å²) in [5.41, 5.74) is 4.12. The van der Waals surface area contributed by atoms with Crippen LogP contribution in [-0.2, 0) is 6.18 Å². The second kappa shape index (κ2) is 4.80. The van der Waals surface area contributed by atoms with Gasteiger partial charge in [0.1, 0.15) is 0 Å². The highest BCUT2D eigenvalue weighted by Gasteiger charge is 2.50. The third-order valence-electron chi connectivity index (χ3n) is 3.17. The number of nitrogens with zero attached hydrogens (tertiary/aromatic N) is 1. The summed E-state index contributed by atoms with van der Waals surface area (Å²) in [7, 11) is 0. The fourth-order valence-corrected chi connectivity index (χ4v) is 1.77. The molecular weight excluding hydrogens is 264 g/mol. The van der Waals surface area contributed by atoms with E-state index in [2.05, 4.69) is 0 Å². The molecule has 3 fully saturated rings. The van der Waals surface area contributed by atoms with Crippen molar-refractivity contribution in [2.45, 2.75) is 12.5 Å². The van der Waals surface area contributed by atoms with Crippen LogP contribution in [0.25, 0.3) is 0 Å². The lowest BCUT2D eigenvalue weighted by Gasteiger charge is -2.56. The monoisotopic (exact) mass is 276 g/mol. The number of benzene rings is 1. The van der Waals surface area contributed by atoms with Gasteiger partial charge in [0.2, 0.25) is 5.91 Å². The Balaban J connectivity index is 0.000000180. The average Bonchev–Trinajstić information content (AvgIpc) is 2.26. The maximum Gasteiger partial charge on any atom is 0.416 e. The van der Waals surface area contributed by atoms with Crippen LogP contribution < -0.4 is 5.73 Å². The van der Waals surface area contributed by atoms with E-state index < -0.39 is 23.9 Å². The van der Waals surface area contributed by atoms with Gasteiger partial charge < -0.3 is 5.73 Å². The summed E-state index contributed by atoms with van der Waals surface area (Å²) in [5, 5.41) is 0. The normalized spacial score (nSPS) is 27.5. The van der Waals surface area contributed by atoms with E-state index in [-0.39, 0.29) is 5.56 Å². The number of primary amides is 1. The third kappa shape index (κ3) is 2.86. The van der Waals surface area contributed by atoms with E-state index in [4.69, 9.17) is 5.73 Å². The Labute approximate surface area is 107 Å². The number of alkyl halides is 4. The number of nitrogens with two attached hydrogens (primary N) is 1. The van der Waals surface area contributed by atoms with Gasteiger partial charge in [0.25, 0.3) is 0 Å². The Morgan fingerprint density at radius 2 is 1.63 bits per heavy atom. The maximum atomic E-state index is 12.0. The van der Waals surface area contributed by atoms with Crippen molar-refractivity contribution in [1.29, 1.82) is 0 Å². The Hall–Kier alpha value is -1.63. The molecule has 4 rings (SSSR count). The number of carbonyl (C=O) groups excluding carboxylic acids is 1. The molecule has 3 nitrogen and oxygen atoms in total. The first-order valence-corrected chi connectivity index (χ1v) is 5.64. The van der Waals surface area contributed by atoms with Gasteiger partial charge in [0.15, 0.2) is 6.30 Å². The molecule has 1 aromatic carbocycles.